The number of amides is 1. The van der Waals surface area contributed by atoms with Crippen LogP contribution in [0.1, 0.15) is 37.1 Å². The Bertz CT molecular complexity index is 730. The highest BCUT2D eigenvalue weighted by Gasteiger charge is 2.23. The molecule has 0 aliphatic carbocycles. The minimum absolute atomic E-state index is 0.152. The Balaban J connectivity index is 1.68. The summed E-state index contributed by atoms with van der Waals surface area (Å²) in [6.07, 6.45) is -0.274. The van der Waals surface area contributed by atoms with Crippen LogP contribution in [0.15, 0.2) is 48.5 Å². The number of methoxy groups -OCH3 is 1. The molecule has 0 saturated carbocycles. The highest BCUT2D eigenvalue weighted by Crippen LogP contribution is 2.28. The monoisotopic (exact) mass is 340 g/mol. The minimum Gasteiger partial charge on any atom is -0.496 e. The van der Waals surface area contributed by atoms with Crippen molar-refractivity contribution in [3.05, 3.63) is 59.7 Å². The summed E-state index contributed by atoms with van der Waals surface area (Å²) in [7, 11) is 1.69. The molecular formula is C20H24N2O3. The van der Waals surface area contributed by atoms with Gasteiger partial charge in [-0.25, -0.2) is 4.79 Å². The zero-order valence-corrected chi connectivity index (χ0v) is 14.9. The molecule has 1 heterocycles. The summed E-state index contributed by atoms with van der Waals surface area (Å²) in [5.41, 5.74) is 3.17. The molecule has 2 aromatic carbocycles. The average molecular weight is 340 g/mol. The second-order valence-electron chi connectivity index (χ2n) is 6.21. The van der Waals surface area contributed by atoms with E-state index in [4.69, 9.17) is 9.47 Å². The van der Waals surface area contributed by atoms with E-state index >= 15 is 0 Å². The summed E-state index contributed by atoms with van der Waals surface area (Å²) < 4.78 is 10.4. The fourth-order valence-electron chi connectivity index (χ4n) is 3.16. The first-order chi connectivity index (χ1) is 12.1. The molecule has 0 bridgehead atoms. The summed E-state index contributed by atoms with van der Waals surface area (Å²) in [6, 6.07) is 16.4. The molecule has 132 valence electrons. The first-order valence-corrected chi connectivity index (χ1v) is 8.53. The molecule has 1 aliphatic rings. The van der Waals surface area contributed by atoms with E-state index in [9.17, 15) is 4.79 Å². The first-order valence-electron chi connectivity index (χ1n) is 8.53. The predicted molar refractivity (Wildman–Crippen MR) is 98.1 cm³/mol. The second-order valence-corrected chi connectivity index (χ2v) is 6.21. The zero-order chi connectivity index (χ0) is 17.8. The van der Waals surface area contributed by atoms with E-state index in [1.54, 1.807) is 12.0 Å². The van der Waals surface area contributed by atoms with Crippen molar-refractivity contribution in [1.29, 1.82) is 0 Å². The molecule has 2 aromatic rings. The number of ether oxygens (including phenoxy) is 2. The molecule has 0 radical (unpaired) electrons. The number of para-hydroxylation sites is 1. The fraction of sp³-hybridized carbons (Fsp3) is 0.350. The Morgan fingerprint density at radius 3 is 2.44 bits per heavy atom. The highest BCUT2D eigenvalue weighted by molar-refractivity contribution is 5.89. The van der Waals surface area contributed by atoms with Crippen LogP contribution >= 0.6 is 0 Å². The molecule has 0 unspecified atom stereocenters. The number of nitrogens with zero attached hydrogens (tertiary/aromatic N) is 1. The molecule has 5 nitrogen and oxygen atoms in total. The minimum atomic E-state index is -0.274. The summed E-state index contributed by atoms with van der Waals surface area (Å²) in [5.74, 6) is 0.887. The van der Waals surface area contributed by atoms with Gasteiger partial charge < -0.3 is 14.8 Å². The van der Waals surface area contributed by atoms with Crippen LogP contribution in [0.25, 0.3) is 0 Å². The smallest absolute Gasteiger partial charge is 0.414 e. The third-order valence-corrected chi connectivity index (χ3v) is 4.57. The number of carbonyl (C=O) groups excluding carboxylic acids is 1. The van der Waals surface area contributed by atoms with Crippen LogP contribution in [0, 0.1) is 0 Å². The van der Waals surface area contributed by atoms with Crippen LogP contribution in [-0.4, -0.2) is 26.4 Å². The molecule has 25 heavy (non-hydrogen) atoms. The number of rotatable bonds is 6. The van der Waals surface area contributed by atoms with Gasteiger partial charge in [-0.15, -0.1) is 0 Å². The summed E-state index contributed by atoms with van der Waals surface area (Å²) in [4.78, 5) is 13.3. The van der Waals surface area contributed by atoms with E-state index in [-0.39, 0.29) is 18.2 Å². The molecule has 0 aromatic heterocycles. The third kappa shape index (κ3) is 3.77. The summed E-state index contributed by atoms with van der Waals surface area (Å²) in [6.45, 7) is 5.32. The van der Waals surface area contributed by atoms with Crippen molar-refractivity contribution in [2.75, 3.05) is 25.2 Å². The van der Waals surface area contributed by atoms with E-state index in [0.717, 1.165) is 22.6 Å². The number of cyclic esters (lactones) is 1. The zero-order valence-electron chi connectivity index (χ0n) is 14.9. The molecular weight excluding hydrogens is 316 g/mol. The Kier molecular flexibility index (Phi) is 5.24. The molecule has 2 atom stereocenters. The quantitative estimate of drug-likeness (QED) is 0.861. The number of carbonyl (C=O) groups is 1. The van der Waals surface area contributed by atoms with Gasteiger partial charge >= 0.3 is 6.09 Å². The third-order valence-electron chi connectivity index (χ3n) is 4.57. The lowest BCUT2D eigenvalue weighted by Crippen LogP contribution is -2.24. The summed E-state index contributed by atoms with van der Waals surface area (Å²) in [5, 5.41) is 3.60. The molecule has 1 aliphatic heterocycles. The number of anilines is 1. The predicted octanol–water partition coefficient (Wildman–Crippen LogP) is 4.06. The van der Waals surface area contributed by atoms with Crippen LogP contribution in [0.5, 0.6) is 5.75 Å². The Hall–Kier alpha value is -2.53. The number of benzene rings is 2. The SMILES string of the molecule is COc1ccccc1[C@@H](C)N[C@@H](C)c1ccc(N2CCOC2=O)cc1. The van der Waals surface area contributed by atoms with Crippen molar-refractivity contribution >= 4 is 11.8 Å². The lowest BCUT2D eigenvalue weighted by molar-refractivity contribution is 0.181. The van der Waals surface area contributed by atoms with Crippen molar-refractivity contribution in [1.82, 2.24) is 5.32 Å². The maximum absolute atomic E-state index is 11.6. The van der Waals surface area contributed by atoms with Gasteiger partial charge in [0.15, 0.2) is 0 Å². The van der Waals surface area contributed by atoms with Gasteiger partial charge in [-0.05, 0) is 37.6 Å². The Morgan fingerprint density at radius 2 is 1.80 bits per heavy atom. The van der Waals surface area contributed by atoms with E-state index < -0.39 is 0 Å². The largest absolute Gasteiger partial charge is 0.496 e. The molecule has 0 spiro atoms. The Morgan fingerprint density at radius 1 is 1.08 bits per heavy atom. The van der Waals surface area contributed by atoms with Crippen LogP contribution in [-0.2, 0) is 4.74 Å². The van der Waals surface area contributed by atoms with Crippen molar-refractivity contribution in [2.45, 2.75) is 25.9 Å². The van der Waals surface area contributed by atoms with Crippen LogP contribution in [0.2, 0.25) is 0 Å². The van der Waals surface area contributed by atoms with Gasteiger partial charge in [0.05, 0.1) is 13.7 Å². The molecule has 1 fully saturated rings. The Labute approximate surface area is 148 Å². The molecule has 3 rings (SSSR count). The van der Waals surface area contributed by atoms with Gasteiger partial charge in [0, 0.05) is 23.3 Å². The molecule has 5 heteroatoms. The number of hydrogen-bond donors (Lipinski definition) is 1. The van der Waals surface area contributed by atoms with Crippen LogP contribution in [0.4, 0.5) is 10.5 Å². The van der Waals surface area contributed by atoms with Crippen molar-refractivity contribution < 1.29 is 14.3 Å². The van der Waals surface area contributed by atoms with Crippen molar-refractivity contribution in [3.8, 4) is 5.75 Å². The lowest BCUT2D eigenvalue weighted by Gasteiger charge is -2.23. The maximum atomic E-state index is 11.6. The van der Waals surface area contributed by atoms with E-state index in [1.807, 2.05) is 42.5 Å². The van der Waals surface area contributed by atoms with Crippen molar-refractivity contribution in [3.63, 3.8) is 0 Å². The van der Waals surface area contributed by atoms with Gasteiger partial charge in [-0.3, -0.25) is 4.90 Å². The fourth-order valence-corrected chi connectivity index (χ4v) is 3.16. The molecule has 1 N–H and O–H groups in total. The second kappa shape index (κ2) is 7.57. The van der Waals surface area contributed by atoms with E-state index in [2.05, 4.69) is 25.2 Å². The van der Waals surface area contributed by atoms with E-state index in [0.29, 0.717) is 13.2 Å². The molecule has 1 saturated heterocycles. The van der Waals surface area contributed by atoms with Crippen LogP contribution < -0.4 is 15.0 Å². The highest BCUT2D eigenvalue weighted by atomic mass is 16.6. The number of nitrogens with one attached hydrogen (secondary N) is 1. The van der Waals surface area contributed by atoms with E-state index in [1.165, 1.54) is 0 Å². The topological polar surface area (TPSA) is 50.8 Å². The average Bonchev–Trinajstić information content (AvgIpc) is 3.07. The van der Waals surface area contributed by atoms with Gasteiger partial charge in [0.2, 0.25) is 0 Å². The van der Waals surface area contributed by atoms with Gasteiger partial charge in [-0.1, -0.05) is 30.3 Å². The van der Waals surface area contributed by atoms with Gasteiger partial charge in [-0.2, -0.15) is 0 Å². The standard InChI is InChI=1S/C20H24N2O3/c1-14(21-15(2)18-6-4-5-7-19(18)24-3)16-8-10-17(11-9-16)22-12-13-25-20(22)23/h4-11,14-15,21H,12-13H2,1-3H3/t14-,15+/m0/s1. The molecule has 1 amide bonds. The normalized spacial score (nSPS) is 16.4. The van der Waals surface area contributed by atoms with Crippen molar-refractivity contribution in [2.24, 2.45) is 0 Å². The van der Waals surface area contributed by atoms with Gasteiger partial charge in [0.1, 0.15) is 12.4 Å². The summed E-state index contributed by atoms with van der Waals surface area (Å²) >= 11 is 0. The first kappa shape index (κ1) is 17.3. The maximum Gasteiger partial charge on any atom is 0.414 e. The number of hydrogen-bond acceptors (Lipinski definition) is 4. The van der Waals surface area contributed by atoms with Gasteiger partial charge in [0.25, 0.3) is 0 Å². The lowest BCUT2D eigenvalue weighted by atomic mass is 10.0. The van der Waals surface area contributed by atoms with Crippen LogP contribution in [0.3, 0.4) is 0 Å².